The molecule has 0 saturated carbocycles. The van der Waals surface area contributed by atoms with E-state index >= 15 is 0 Å². The van der Waals surface area contributed by atoms with Gasteiger partial charge in [-0.15, -0.1) is 0 Å². The quantitative estimate of drug-likeness (QED) is 0.444. The van der Waals surface area contributed by atoms with Crippen LogP contribution in [0, 0.1) is 11.6 Å². The van der Waals surface area contributed by atoms with E-state index in [-0.39, 0.29) is 43.1 Å². The lowest BCUT2D eigenvalue weighted by molar-refractivity contribution is -0.126. The second-order valence-electron chi connectivity index (χ2n) is 6.75. The van der Waals surface area contributed by atoms with E-state index in [1.54, 1.807) is 13.8 Å². The molecule has 11 heteroatoms. The Balaban J connectivity index is 1.97. The maximum atomic E-state index is 13.3. The Morgan fingerprint density at radius 1 is 1.16 bits per heavy atom. The van der Waals surface area contributed by atoms with Crippen molar-refractivity contribution in [2.24, 2.45) is 0 Å². The molecule has 1 heterocycles. The maximum absolute atomic E-state index is 13.3. The zero-order valence-electron chi connectivity index (χ0n) is 17.2. The lowest BCUT2D eigenvalue weighted by Gasteiger charge is -2.18. The van der Waals surface area contributed by atoms with Crippen LogP contribution in [0.3, 0.4) is 0 Å². The Labute approximate surface area is 177 Å². The number of nitrogens with one attached hydrogen (secondary N) is 3. The maximum Gasteiger partial charge on any atom is 0.274 e. The molecule has 2 aromatic rings. The Morgan fingerprint density at radius 3 is 2.42 bits per heavy atom. The van der Waals surface area contributed by atoms with Crippen molar-refractivity contribution < 1.29 is 28.3 Å². The third-order valence-corrected chi connectivity index (χ3v) is 4.44. The number of anilines is 1. The molecule has 2 rings (SSSR count). The van der Waals surface area contributed by atoms with Crippen molar-refractivity contribution in [3.63, 3.8) is 0 Å². The summed E-state index contributed by atoms with van der Waals surface area (Å²) in [7, 11) is 0. The van der Waals surface area contributed by atoms with Crippen LogP contribution in [0.2, 0.25) is 0 Å². The number of aromatic nitrogens is 2. The fraction of sp³-hybridized carbons (Fsp3) is 0.400. The molecule has 0 aliphatic heterocycles. The van der Waals surface area contributed by atoms with Gasteiger partial charge in [-0.3, -0.25) is 19.5 Å². The number of rotatable bonds is 10. The van der Waals surface area contributed by atoms with Crippen LogP contribution in [0.25, 0.3) is 0 Å². The van der Waals surface area contributed by atoms with Crippen LogP contribution in [0.1, 0.15) is 36.3 Å². The molecule has 1 unspecified atom stereocenters. The first kappa shape index (κ1) is 23.9. The molecule has 168 valence electrons. The van der Waals surface area contributed by atoms with Gasteiger partial charge in [-0.05, 0) is 31.0 Å². The standard InChI is InChI=1S/C20H25F2N5O4/c1-3-15(23-18(29)9-12-7-13(21)10-14(22)8-12)19(30)24-17-11-16(25-26-17)20(31)27(4-2)5-6-28/h7-8,10-11,15,28H,3-6,9H2,1-2H3,(H,23,29)(H2,24,25,26,30). The summed E-state index contributed by atoms with van der Waals surface area (Å²) in [6.07, 6.45) is -0.0337. The highest BCUT2D eigenvalue weighted by molar-refractivity contribution is 5.98. The number of H-pyrrole nitrogens is 1. The summed E-state index contributed by atoms with van der Waals surface area (Å²) in [6, 6.07) is 3.24. The number of aliphatic hydroxyl groups is 1. The Hall–Kier alpha value is -3.34. The van der Waals surface area contributed by atoms with Gasteiger partial charge in [0.05, 0.1) is 13.0 Å². The molecule has 0 saturated heterocycles. The normalized spacial score (nSPS) is 11.6. The molecule has 1 aromatic carbocycles. The number of benzene rings is 1. The lowest BCUT2D eigenvalue weighted by Crippen LogP contribution is -2.44. The number of carbonyl (C=O) groups is 3. The Morgan fingerprint density at radius 2 is 1.84 bits per heavy atom. The van der Waals surface area contributed by atoms with Gasteiger partial charge in [0.15, 0.2) is 5.69 Å². The number of carbonyl (C=O) groups excluding carboxylic acids is 3. The second-order valence-corrected chi connectivity index (χ2v) is 6.75. The highest BCUT2D eigenvalue weighted by Gasteiger charge is 2.22. The van der Waals surface area contributed by atoms with Crippen molar-refractivity contribution in [1.29, 1.82) is 0 Å². The Kier molecular flexibility index (Phi) is 8.62. The first-order valence-electron chi connectivity index (χ1n) is 9.78. The summed E-state index contributed by atoms with van der Waals surface area (Å²) in [5, 5.41) is 20.5. The molecule has 0 aliphatic carbocycles. The topological polar surface area (TPSA) is 127 Å². The van der Waals surface area contributed by atoms with Crippen molar-refractivity contribution in [2.45, 2.75) is 32.7 Å². The van der Waals surface area contributed by atoms with E-state index in [9.17, 15) is 23.2 Å². The molecule has 0 bridgehead atoms. The summed E-state index contributed by atoms with van der Waals surface area (Å²) in [6.45, 7) is 3.79. The highest BCUT2D eigenvalue weighted by atomic mass is 19.1. The molecule has 9 nitrogen and oxygen atoms in total. The van der Waals surface area contributed by atoms with Gasteiger partial charge in [0.1, 0.15) is 23.5 Å². The fourth-order valence-electron chi connectivity index (χ4n) is 2.90. The summed E-state index contributed by atoms with van der Waals surface area (Å²) in [4.78, 5) is 38.4. The summed E-state index contributed by atoms with van der Waals surface area (Å²) in [5.74, 6) is -2.96. The average Bonchev–Trinajstić information content (AvgIpc) is 3.17. The summed E-state index contributed by atoms with van der Waals surface area (Å²) in [5.41, 5.74) is 0.209. The monoisotopic (exact) mass is 437 g/mol. The third-order valence-electron chi connectivity index (χ3n) is 4.44. The van der Waals surface area contributed by atoms with Gasteiger partial charge in [0.2, 0.25) is 11.8 Å². The summed E-state index contributed by atoms with van der Waals surface area (Å²) < 4.78 is 26.5. The van der Waals surface area contributed by atoms with Crippen LogP contribution < -0.4 is 10.6 Å². The molecule has 3 amide bonds. The van der Waals surface area contributed by atoms with E-state index in [1.165, 1.54) is 11.0 Å². The second kappa shape index (κ2) is 11.2. The minimum Gasteiger partial charge on any atom is -0.395 e. The number of halogens is 2. The first-order valence-corrected chi connectivity index (χ1v) is 9.78. The van der Waals surface area contributed by atoms with Crippen LogP contribution in [0.4, 0.5) is 14.6 Å². The molecule has 4 N–H and O–H groups in total. The number of nitrogens with zero attached hydrogens (tertiary/aromatic N) is 2. The molecular formula is C20H25F2N5O4. The molecule has 1 atom stereocenters. The van der Waals surface area contributed by atoms with Crippen molar-refractivity contribution in [2.75, 3.05) is 25.0 Å². The van der Waals surface area contributed by atoms with Gasteiger partial charge < -0.3 is 20.6 Å². The Bertz CT molecular complexity index is 914. The molecular weight excluding hydrogens is 412 g/mol. The number of hydrogen-bond acceptors (Lipinski definition) is 5. The van der Waals surface area contributed by atoms with E-state index in [0.717, 1.165) is 12.1 Å². The fourth-order valence-corrected chi connectivity index (χ4v) is 2.90. The van der Waals surface area contributed by atoms with Crippen LogP contribution >= 0.6 is 0 Å². The molecule has 31 heavy (non-hydrogen) atoms. The molecule has 0 radical (unpaired) electrons. The van der Waals surface area contributed by atoms with Gasteiger partial charge in [-0.2, -0.15) is 5.10 Å². The van der Waals surface area contributed by atoms with Gasteiger partial charge in [0.25, 0.3) is 5.91 Å². The zero-order chi connectivity index (χ0) is 23.0. The van der Waals surface area contributed by atoms with Gasteiger partial charge in [-0.25, -0.2) is 8.78 Å². The van der Waals surface area contributed by atoms with Crippen molar-refractivity contribution in [3.05, 3.63) is 47.2 Å². The van der Waals surface area contributed by atoms with Crippen LogP contribution in [-0.2, 0) is 16.0 Å². The lowest BCUT2D eigenvalue weighted by atomic mass is 10.1. The number of hydrogen-bond donors (Lipinski definition) is 4. The van der Waals surface area contributed by atoms with E-state index in [2.05, 4.69) is 20.8 Å². The molecule has 0 aliphatic rings. The van der Waals surface area contributed by atoms with Crippen LogP contribution in [0.15, 0.2) is 24.3 Å². The van der Waals surface area contributed by atoms with Gasteiger partial charge >= 0.3 is 0 Å². The van der Waals surface area contributed by atoms with Gasteiger partial charge in [-0.1, -0.05) is 6.92 Å². The summed E-state index contributed by atoms with van der Waals surface area (Å²) >= 11 is 0. The van der Waals surface area contributed by atoms with E-state index in [0.29, 0.717) is 12.6 Å². The van der Waals surface area contributed by atoms with Crippen LogP contribution in [-0.4, -0.2) is 63.7 Å². The van der Waals surface area contributed by atoms with Crippen molar-refractivity contribution >= 4 is 23.5 Å². The highest BCUT2D eigenvalue weighted by Crippen LogP contribution is 2.11. The van der Waals surface area contributed by atoms with E-state index < -0.39 is 35.4 Å². The minimum absolute atomic E-state index is 0.0656. The smallest absolute Gasteiger partial charge is 0.274 e. The molecule has 0 fully saturated rings. The number of likely N-dealkylation sites (N-methyl/N-ethyl adjacent to an activating group) is 1. The predicted octanol–water partition coefficient (Wildman–Crippen LogP) is 1.22. The largest absolute Gasteiger partial charge is 0.395 e. The first-order chi connectivity index (χ1) is 14.8. The number of aliphatic hydroxyl groups excluding tert-OH is 1. The van der Waals surface area contributed by atoms with E-state index in [4.69, 9.17) is 5.11 Å². The van der Waals surface area contributed by atoms with Crippen LogP contribution in [0.5, 0.6) is 0 Å². The number of amides is 3. The number of aromatic amines is 1. The SMILES string of the molecule is CCC(NC(=O)Cc1cc(F)cc(F)c1)C(=O)Nc1cc(C(=O)N(CC)CCO)n[nH]1. The zero-order valence-corrected chi connectivity index (χ0v) is 17.2. The molecule has 0 spiro atoms. The average molecular weight is 437 g/mol. The van der Waals surface area contributed by atoms with Gasteiger partial charge in [0, 0.05) is 25.2 Å². The third kappa shape index (κ3) is 6.85. The van der Waals surface area contributed by atoms with Crippen molar-refractivity contribution in [3.8, 4) is 0 Å². The van der Waals surface area contributed by atoms with Crippen molar-refractivity contribution in [1.82, 2.24) is 20.4 Å². The molecule has 1 aromatic heterocycles. The predicted molar refractivity (Wildman–Crippen MR) is 108 cm³/mol. The minimum atomic E-state index is -0.908. The van der Waals surface area contributed by atoms with E-state index in [1.807, 2.05) is 0 Å².